The van der Waals surface area contributed by atoms with Crippen LogP contribution in [0.15, 0.2) is 4.99 Å². The molecule has 1 aliphatic heterocycles. The van der Waals surface area contributed by atoms with Gasteiger partial charge in [0.2, 0.25) is 5.91 Å². The zero-order valence-electron chi connectivity index (χ0n) is 17.0. The number of methoxy groups -OCH3 is 1. The van der Waals surface area contributed by atoms with Crippen molar-refractivity contribution >= 4 is 23.5 Å². The molecule has 166 valence electrons. The van der Waals surface area contributed by atoms with Crippen molar-refractivity contribution in [1.29, 1.82) is 0 Å². The van der Waals surface area contributed by atoms with Crippen LogP contribution in [0.2, 0.25) is 0 Å². The fraction of sp³-hybridized carbons (Fsp3) is 0.895. The molecule has 8 atom stereocenters. The molecule has 1 saturated heterocycles. The summed E-state index contributed by atoms with van der Waals surface area (Å²) in [5, 5.41) is 6.00. The number of halogens is 3. The van der Waals surface area contributed by atoms with Crippen LogP contribution in [-0.2, 0) is 9.53 Å². The number of aliphatic imine (C=N–C) groups is 1. The van der Waals surface area contributed by atoms with E-state index in [-0.39, 0.29) is 48.3 Å². The molecule has 10 heteroatoms. The predicted octanol–water partition coefficient (Wildman–Crippen LogP) is 1.77. The van der Waals surface area contributed by atoms with E-state index in [1.54, 1.807) is 7.11 Å². The number of fused-ring (bicyclic) bond motifs is 1. The summed E-state index contributed by atoms with van der Waals surface area (Å²) in [6.45, 7) is 2.34. The van der Waals surface area contributed by atoms with Crippen LogP contribution in [0, 0.1) is 11.8 Å². The van der Waals surface area contributed by atoms with Gasteiger partial charge in [-0.2, -0.15) is 0 Å². The second-order valence-corrected chi connectivity index (χ2v) is 8.94. The van der Waals surface area contributed by atoms with Crippen molar-refractivity contribution in [3.8, 4) is 0 Å². The molecular formula is C19H32ClF2N5O2. The Morgan fingerprint density at radius 3 is 2.76 bits per heavy atom. The summed E-state index contributed by atoms with van der Waals surface area (Å²) < 4.78 is 32.3. The van der Waals surface area contributed by atoms with Gasteiger partial charge in [0.15, 0.2) is 5.96 Å². The highest BCUT2D eigenvalue weighted by Gasteiger charge is 2.42. The number of hydrogen-bond donors (Lipinski definition) is 4. The first kappa shape index (κ1) is 22.7. The molecule has 4 N–H and O–H groups in total. The summed E-state index contributed by atoms with van der Waals surface area (Å²) in [4.78, 5) is 17.4. The van der Waals surface area contributed by atoms with E-state index in [1.165, 1.54) is 0 Å². The Morgan fingerprint density at radius 1 is 1.24 bits per heavy atom. The molecule has 2 saturated carbocycles. The standard InChI is InChI=1S/C19H32ClF2N5O2/c1-10(9-29-2)23-19(25-18(28)11-6-7-14(21)15(22)8-11)24-17-12-4-3-5-13(20)16(12)26-27-17/h10-17,26-27H,3-9H2,1-2H3,(H2,23,24,25,28)/t10-,11?,12?,13?,14?,15?,16?,17?/m0/s1. The number of nitrogens with one attached hydrogen (secondary N) is 4. The first-order chi connectivity index (χ1) is 13.9. The average molecular weight is 436 g/mol. The molecule has 2 aliphatic carbocycles. The van der Waals surface area contributed by atoms with Crippen LogP contribution in [0.4, 0.5) is 8.78 Å². The van der Waals surface area contributed by atoms with E-state index in [0.29, 0.717) is 19.0 Å². The Kier molecular flexibility index (Phi) is 8.07. The molecule has 0 spiro atoms. The number of alkyl halides is 3. The smallest absolute Gasteiger partial charge is 0.229 e. The van der Waals surface area contributed by atoms with Crippen LogP contribution in [0.1, 0.15) is 45.4 Å². The van der Waals surface area contributed by atoms with Gasteiger partial charge in [0.05, 0.1) is 12.0 Å². The van der Waals surface area contributed by atoms with Gasteiger partial charge in [0.25, 0.3) is 0 Å². The summed E-state index contributed by atoms with van der Waals surface area (Å²) in [7, 11) is 1.60. The molecule has 0 bridgehead atoms. The van der Waals surface area contributed by atoms with Crippen LogP contribution < -0.4 is 21.5 Å². The number of amides is 1. The highest BCUT2D eigenvalue weighted by molar-refractivity contribution is 6.21. The Bertz CT molecular complexity index is 599. The summed E-state index contributed by atoms with van der Waals surface area (Å²) in [6, 6.07) is 0.0338. The number of carbonyl (C=O) groups is 1. The van der Waals surface area contributed by atoms with Crippen molar-refractivity contribution < 1.29 is 18.3 Å². The van der Waals surface area contributed by atoms with Crippen molar-refractivity contribution in [2.45, 2.75) is 81.4 Å². The quantitative estimate of drug-likeness (QED) is 0.300. The van der Waals surface area contributed by atoms with Crippen LogP contribution in [0.3, 0.4) is 0 Å². The monoisotopic (exact) mass is 435 g/mol. The van der Waals surface area contributed by atoms with E-state index >= 15 is 0 Å². The molecule has 0 radical (unpaired) electrons. The SMILES string of the molecule is COC[C@H](C)N/C(=N\C1NNC2C(Cl)CCCC12)NC(=O)C1CCC(F)C(F)C1. The van der Waals surface area contributed by atoms with Crippen LogP contribution in [0.5, 0.6) is 0 Å². The first-order valence-corrected chi connectivity index (χ1v) is 10.9. The number of guanidine groups is 1. The molecule has 0 aromatic heterocycles. The molecular weight excluding hydrogens is 404 g/mol. The third-order valence-corrected chi connectivity index (χ3v) is 6.53. The molecule has 3 fully saturated rings. The maximum Gasteiger partial charge on any atom is 0.229 e. The largest absolute Gasteiger partial charge is 0.383 e. The lowest BCUT2D eigenvalue weighted by Crippen LogP contribution is -2.50. The number of ether oxygens (including phenoxy) is 1. The average Bonchev–Trinajstić information content (AvgIpc) is 3.08. The molecule has 29 heavy (non-hydrogen) atoms. The molecule has 3 rings (SSSR count). The second kappa shape index (κ2) is 10.3. The first-order valence-electron chi connectivity index (χ1n) is 10.5. The lowest BCUT2D eigenvalue weighted by atomic mass is 9.84. The van der Waals surface area contributed by atoms with E-state index in [0.717, 1.165) is 19.3 Å². The normalized spacial score (nSPS) is 38.9. The van der Waals surface area contributed by atoms with Gasteiger partial charge in [-0.05, 0) is 39.0 Å². The van der Waals surface area contributed by atoms with Crippen LogP contribution in [0.25, 0.3) is 0 Å². The van der Waals surface area contributed by atoms with Crippen molar-refractivity contribution in [3.63, 3.8) is 0 Å². The van der Waals surface area contributed by atoms with E-state index in [4.69, 9.17) is 21.3 Å². The van der Waals surface area contributed by atoms with Crippen molar-refractivity contribution in [2.24, 2.45) is 16.8 Å². The van der Waals surface area contributed by atoms with E-state index < -0.39 is 18.3 Å². The van der Waals surface area contributed by atoms with Gasteiger partial charge in [-0.15, -0.1) is 11.6 Å². The molecule has 3 aliphatic rings. The molecule has 7 nitrogen and oxygen atoms in total. The fourth-order valence-electron chi connectivity index (χ4n) is 4.45. The Labute approximate surface area is 175 Å². The second-order valence-electron chi connectivity index (χ2n) is 8.38. The molecule has 1 heterocycles. The number of rotatable bonds is 5. The van der Waals surface area contributed by atoms with E-state index in [1.807, 2.05) is 6.92 Å². The number of nitrogens with zero attached hydrogens (tertiary/aromatic N) is 1. The lowest BCUT2D eigenvalue weighted by molar-refractivity contribution is -0.125. The molecule has 0 aromatic carbocycles. The highest BCUT2D eigenvalue weighted by Crippen LogP contribution is 2.33. The zero-order valence-corrected chi connectivity index (χ0v) is 17.7. The van der Waals surface area contributed by atoms with Crippen molar-refractivity contribution in [2.75, 3.05) is 13.7 Å². The number of hydrogen-bond acceptors (Lipinski definition) is 5. The summed E-state index contributed by atoms with van der Waals surface area (Å²) in [5.74, 6) is -0.369. The Hall–Kier alpha value is -1.03. The lowest BCUT2D eigenvalue weighted by Gasteiger charge is -2.30. The van der Waals surface area contributed by atoms with Crippen molar-refractivity contribution in [1.82, 2.24) is 21.5 Å². The Morgan fingerprint density at radius 2 is 2.03 bits per heavy atom. The van der Waals surface area contributed by atoms with Gasteiger partial charge in [0, 0.05) is 31.0 Å². The van der Waals surface area contributed by atoms with Gasteiger partial charge in [-0.1, -0.05) is 6.42 Å². The zero-order chi connectivity index (χ0) is 21.0. The molecule has 1 amide bonds. The maximum atomic E-state index is 13.7. The number of carbonyl (C=O) groups excluding carboxylic acids is 1. The Balaban J connectivity index is 1.69. The van der Waals surface area contributed by atoms with Crippen molar-refractivity contribution in [3.05, 3.63) is 0 Å². The third kappa shape index (κ3) is 5.77. The minimum Gasteiger partial charge on any atom is -0.383 e. The predicted molar refractivity (Wildman–Crippen MR) is 108 cm³/mol. The third-order valence-electron chi connectivity index (χ3n) is 6.05. The van der Waals surface area contributed by atoms with Gasteiger partial charge >= 0.3 is 0 Å². The molecule has 7 unspecified atom stereocenters. The maximum absolute atomic E-state index is 13.7. The van der Waals surface area contributed by atoms with Gasteiger partial charge in [0.1, 0.15) is 18.5 Å². The highest BCUT2D eigenvalue weighted by atomic mass is 35.5. The summed E-state index contributed by atoms with van der Waals surface area (Å²) in [5.41, 5.74) is 6.40. The van der Waals surface area contributed by atoms with Crippen LogP contribution in [-0.4, -0.2) is 61.6 Å². The van der Waals surface area contributed by atoms with E-state index in [9.17, 15) is 13.6 Å². The topological polar surface area (TPSA) is 86.8 Å². The van der Waals surface area contributed by atoms with Crippen LogP contribution >= 0.6 is 11.6 Å². The minimum absolute atomic E-state index is 0.0391. The van der Waals surface area contributed by atoms with E-state index in [2.05, 4.69) is 21.5 Å². The minimum atomic E-state index is -1.59. The van der Waals surface area contributed by atoms with Gasteiger partial charge < -0.3 is 10.1 Å². The van der Waals surface area contributed by atoms with Gasteiger partial charge in [-0.25, -0.2) is 19.2 Å². The fourth-order valence-corrected chi connectivity index (χ4v) is 4.85. The number of hydrazine groups is 1. The molecule has 0 aromatic rings. The van der Waals surface area contributed by atoms with Gasteiger partial charge in [-0.3, -0.25) is 15.5 Å². The summed E-state index contributed by atoms with van der Waals surface area (Å²) >= 11 is 6.44. The summed E-state index contributed by atoms with van der Waals surface area (Å²) in [6.07, 6.45) is -0.0418.